The summed E-state index contributed by atoms with van der Waals surface area (Å²) in [7, 11) is 0. The fourth-order valence-electron chi connectivity index (χ4n) is 2.58. The fourth-order valence-corrected chi connectivity index (χ4v) is 2.87. The van der Waals surface area contributed by atoms with Gasteiger partial charge in [-0.3, -0.25) is 4.79 Å². The molecule has 2 rings (SSSR count). The van der Waals surface area contributed by atoms with Gasteiger partial charge in [-0.2, -0.15) is 0 Å². The minimum atomic E-state index is -0.771. The highest BCUT2D eigenvalue weighted by Crippen LogP contribution is 2.41. The molecule has 0 aliphatic heterocycles. The zero-order chi connectivity index (χ0) is 12.5. The molecule has 1 N–H and O–H groups in total. The summed E-state index contributed by atoms with van der Waals surface area (Å²) in [6.45, 7) is 0. The van der Waals surface area contributed by atoms with Crippen molar-refractivity contribution >= 4 is 29.2 Å². The van der Waals surface area contributed by atoms with Crippen LogP contribution < -0.4 is 0 Å². The molecule has 0 spiro atoms. The van der Waals surface area contributed by atoms with E-state index >= 15 is 0 Å². The van der Waals surface area contributed by atoms with Gasteiger partial charge in [0.15, 0.2) is 0 Å². The first kappa shape index (κ1) is 12.7. The van der Waals surface area contributed by atoms with Crippen LogP contribution in [0.1, 0.15) is 37.7 Å². The molecule has 0 heterocycles. The lowest BCUT2D eigenvalue weighted by Crippen LogP contribution is -2.37. The van der Waals surface area contributed by atoms with Crippen molar-refractivity contribution in [3.63, 3.8) is 0 Å². The van der Waals surface area contributed by atoms with Crippen LogP contribution in [0.5, 0.6) is 0 Å². The van der Waals surface area contributed by atoms with E-state index in [-0.39, 0.29) is 0 Å². The maximum absolute atomic E-state index is 11.6. The van der Waals surface area contributed by atoms with Crippen LogP contribution >= 0.6 is 23.2 Å². The molecule has 1 aliphatic carbocycles. The maximum atomic E-state index is 11.6. The van der Waals surface area contributed by atoms with E-state index in [2.05, 4.69) is 0 Å². The summed E-state index contributed by atoms with van der Waals surface area (Å²) in [5.74, 6) is -0.754. The summed E-state index contributed by atoms with van der Waals surface area (Å²) in [6.07, 6.45) is 4.37. The molecule has 1 fully saturated rings. The molecule has 0 atom stereocenters. The third-order valence-electron chi connectivity index (χ3n) is 3.59. The zero-order valence-electron chi connectivity index (χ0n) is 9.38. The van der Waals surface area contributed by atoms with Gasteiger partial charge in [0.05, 0.1) is 15.5 Å². The summed E-state index contributed by atoms with van der Waals surface area (Å²) in [5, 5.41) is 10.4. The van der Waals surface area contributed by atoms with E-state index in [1.54, 1.807) is 18.2 Å². The Morgan fingerprint density at radius 1 is 1.12 bits per heavy atom. The first-order valence-electron chi connectivity index (χ1n) is 5.75. The molecule has 0 amide bonds. The van der Waals surface area contributed by atoms with E-state index in [9.17, 15) is 9.90 Å². The van der Waals surface area contributed by atoms with Gasteiger partial charge in [-0.15, -0.1) is 0 Å². The van der Waals surface area contributed by atoms with Crippen molar-refractivity contribution in [2.75, 3.05) is 0 Å². The minimum absolute atomic E-state index is 0.426. The van der Waals surface area contributed by atoms with E-state index in [1.807, 2.05) is 0 Å². The predicted octanol–water partition coefficient (Wildman–Crippen LogP) is 4.28. The predicted molar refractivity (Wildman–Crippen MR) is 68.9 cm³/mol. The molecule has 1 aliphatic rings. The number of carboxylic acids is 1. The lowest BCUT2D eigenvalue weighted by atomic mass is 9.69. The van der Waals surface area contributed by atoms with Gasteiger partial charge >= 0.3 is 5.97 Å². The SMILES string of the molecule is O=C(O)C1(c2ccc(Cl)c(Cl)c2)CCCCC1. The molecule has 92 valence electrons. The molecule has 1 saturated carbocycles. The monoisotopic (exact) mass is 272 g/mol. The van der Waals surface area contributed by atoms with Crippen molar-refractivity contribution in [1.29, 1.82) is 0 Å². The fraction of sp³-hybridized carbons (Fsp3) is 0.462. The van der Waals surface area contributed by atoms with Gasteiger partial charge in [0.1, 0.15) is 0 Å². The Morgan fingerprint density at radius 2 is 1.76 bits per heavy atom. The quantitative estimate of drug-likeness (QED) is 0.873. The van der Waals surface area contributed by atoms with Crippen LogP contribution in [-0.4, -0.2) is 11.1 Å². The van der Waals surface area contributed by atoms with Crippen molar-refractivity contribution < 1.29 is 9.90 Å². The molecule has 17 heavy (non-hydrogen) atoms. The standard InChI is InChI=1S/C13H14Cl2O2/c14-10-5-4-9(8-11(10)15)13(12(16)17)6-2-1-3-7-13/h4-5,8H,1-3,6-7H2,(H,16,17). The van der Waals surface area contributed by atoms with Gasteiger partial charge in [0.2, 0.25) is 0 Å². The summed E-state index contributed by atoms with van der Waals surface area (Å²) in [6, 6.07) is 5.16. The maximum Gasteiger partial charge on any atom is 0.314 e. The molecule has 1 aromatic carbocycles. The van der Waals surface area contributed by atoms with E-state index < -0.39 is 11.4 Å². The second-order valence-electron chi connectivity index (χ2n) is 4.58. The largest absolute Gasteiger partial charge is 0.481 e. The second-order valence-corrected chi connectivity index (χ2v) is 5.39. The average Bonchev–Trinajstić information content (AvgIpc) is 2.33. The number of halogens is 2. The van der Waals surface area contributed by atoms with Crippen LogP contribution in [0.2, 0.25) is 10.0 Å². The number of benzene rings is 1. The summed E-state index contributed by atoms with van der Waals surface area (Å²) in [5.41, 5.74) is 0.00559. The molecule has 0 bridgehead atoms. The van der Waals surface area contributed by atoms with Crippen molar-refractivity contribution in [2.24, 2.45) is 0 Å². The Hall–Kier alpha value is -0.730. The third-order valence-corrected chi connectivity index (χ3v) is 4.33. The van der Waals surface area contributed by atoms with Gasteiger partial charge in [-0.25, -0.2) is 0 Å². The van der Waals surface area contributed by atoms with Crippen molar-refractivity contribution in [3.8, 4) is 0 Å². The van der Waals surface area contributed by atoms with Crippen LogP contribution in [0.25, 0.3) is 0 Å². The van der Waals surface area contributed by atoms with Crippen molar-refractivity contribution in [2.45, 2.75) is 37.5 Å². The topological polar surface area (TPSA) is 37.3 Å². The van der Waals surface area contributed by atoms with Gasteiger partial charge in [-0.05, 0) is 30.5 Å². The van der Waals surface area contributed by atoms with Crippen LogP contribution in [0.4, 0.5) is 0 Å². The number of hydrogen-bond acceptors (Lipinski definition) is 1. The highest BCUT2D eigenvalue weighted by Gasteiger charge is 2.41. The van der Waals surface area contributed by atoms with E-state index in [4.69, 9.17) is 23.2 Å². The highest BCUT2D eigenvalue weighted by atomic mass is 35.5. The van der Waals surface area contributed by atoms with Gasteiger partial charge in [0.25, 0.3) is 0 Å². The molecule has 4 heteroatoms. The zero-order valence-corrected chi connectivity index (χ0v) is 10.9. The van der Waals surface area contributed by atoms with Crippen molar-refractivity contribution in [3.05, 3.63) is 33.8 Å². The Bertz CT molecular complexity index is 437. The normalized spacial score (nSPS) is 18.9. The second kappa shape index (κ2) is 4.87. The molecule has 0 unspecified atom stereocenters. The molecule has 2 nitrogen and oxygen atoms in total. The van der Waals surface area contributed by atoms with Crippen LogP contribution in [0.3, 0.4) is 0 Å². The lowest BCUT2D eigenvalue weighted by molar-refractivity contribution is -0.145. The van der Waals surface area contributed by atoms with E-state index in [0.29, 0.717) is 22.9 Å². The summed E-state index contributed by atoms with van der Waals surface area (Å²) in [4.78, 5) is 11.6. The minimum Gasteiger partial charge on any atom is -0.481 e. The number of hydrogen-bond donors (Lipinski definition) is 1. The van der Waals surface area contributed by atoms with Crippen LogP contribution in [-0.2, 0) is 10.2 Å². The molecular formula is C13H14Cl2O2. The lowest BCUT2D eigenvalue weighted by Gasteiger charge is -2.33. The molecular weight excluding hydrogens is 259 g/mol. The number of carboxylic acid groups (broad SMARTS) is 1. The first-order valence-corrected chi connectivity index (χ1v) is 6.51. The number of carbonyl (C=O) groups is 1. The average molecular weight is 273 g/mol. The number of rotatable bonds is 2. The summed E-state index contributed by atoms with van der Waals surface area (Å²) < 4.78 is 0. The highest BCUT2D eigenvalue weighted by molar-refractivity contribution is 6.42. The van der Waals surface area contributed by atoms with E-state index in [1.165, 1.54) is 0 Å². The Labute approximate surface area is 111 Å². The van der Waals surface area contributed by atoms with Crippen LogP contribution in [0.15, 0.2) is 18.2 Å². The Morgan fingerprint density at radius 3 is 2.29 bits per heavy atom. The van der Waals surface area contributed by atoms with Gasteiger partial charge in [-0.1, -0.05) is 48.5 Å². The summed E-state index contributed by atoms with van der Waals surface area (Å²) >= 11 is 11.8. The smallest absolute Gasteiger partial charge is 0.314 e. The number of aliphatic carboxylic acids is 1. The van der Waals surface area contributed by atoms with Gasteiger partial charge < -0.3 is 5.11 Å². The van der Waals surface area contributed by atoms with Crippen LogP contribution in [0, 0.1) is 0 Å². The van der Waals surface area contributed by atoms with E-state index in [0.717, 1.165) is 24.8 Å². The molecule has 1 aromatic rings. The molecule has 0 radical (unpaired) electrons. The Balaban J connectivity index is 2.45. The van der Waals surface area contributed by atoms with Gasteiger partial charge in [0, 0.05) is 0 Å². The first-order chi connectivity index (χ1) is 8.06. The van der Waals surface area contributed by atoms with Crippen molar-refractivity contribution in [1.82, 2.24) is 0 Å². The molecule has 0 saturated heterocycles. The Kier molecular flexibility index (Phi) is 3.64. The third kappa shape index (κ3) is 2.29. The molecule has 0 aromatic heterocycles.